The molecule has 0 aromatic carbocycles. The Labute approximate surface area is 90.6 Å². The van der Waals surface area contributed by atoms with Crippen LogP contribution in [-0.2, 0) is 19.1 Å². The summed E-state index contributed by atoms with van der Waals surface area (Å²) in [5.41, 5.74) is 5.35. The normalized spacial score (nSPS) is 37.3. The third kappa shape index (κ3) is 2.67. The molecule has 0 aromatic rings. The van der Waals surface area contributed by atoms with Crippen LogP contribution in [0.5, 0.6) is 0 Å². The third-order valence-electron chi connectivity index (χ3n) is 1.88. The SMILES string of the molecule is C[C@@H](N)CC1(O)OC(=O)C(O)C(O)C(=O)O1. The molecule has 8 nitrogen and oxygen atoms in total. The monoisotopic (exact) mass is 235 g/mol. The molecule has 1 rings (SSSR count). The van der Waals surface area contributed by atoms with Crippen molar-refractivity contribution in [2.24, 2.45) is 5.73 Å². The highest BCUT2D eigenvalue weighted by molar-refractivity contribution is 5.86. The number of hydrogen-bond acceptors (Lipinski definition) is 8. The van der Waals surface area contributed by atoms with Gasteiger partial charge in [0.15, 0.2) is 12.2 Å². The first kappa shape index (κ1) is 12.8. The van der Waals surface area contributed by atoms with E-state index >= 15 is 0 Å². The molecule has 1 aliphatic heterocycles. The maximum Gasteiger partial charge on any atom is 0.374 e. The predicted octanol–water partition coefficient (Wildman–Crippen LogP) is -2.81. The van der Waals surface area contributed by atoms with Gasteiger partial charge >= 0.3 is 17.9 Å². The first-order chi connectivity index (χ1) is 7.25. The molecule has 8 heteroatoms. The van der Waals surface area contributed by atoms with Crippen LogP contribution in [0.15, 0.2) is 0 Å². The van der Waals surface area contributed by atoms with Gasteiger partial charge in [0.25, 0.3) is 0 Å². The third-order valence-corrected chi connectivity index (χ3v) is 1.88. The van der Waals surface area contributed by atoms with Gasteiger partial charge in [-0.3, -0.25) is 0 Å². The van der Waals surface area contributed by atoms with E-state index in [9.17, 15) is 14.7 Å². The molecular weight excluding hydrogens is 222 g/mol. The zero-order chi connectivity index (χ0) is 12.5. The summed E-state index contributed by atoms with van der Waals surface area (Å²) < 4.78 is 8.69. The van der Waals surface area contributed by atoms with Crippen molar-refractivity contribution in [3.8, 4) is 0 Å². The molecule has 0 radical (unpaired) electrons. The number of carbonyl (C=O) groups excluding carboxylic acids is 2. The van der Waals surface area contributed by atoms with Crippen LogP contribution in [0.4, 0.5) is 0 Å². The van der Waals surface area contributed by atoms with E-state index in [-0.39, 0.29) is 6.42 Å². The van der Waals surface area contributed by atoms with E-state index in [0.717, 1.165) is 0 Å². The summed E-state index contributed by atoms with van der Waals surface area (Å²) in [5.74, 6) is -5.27. The topological polar surface area (TPSA) is 139 Å². The minimum Gasteiger partial charge on any atom is -0.396 e. The van der Waals surface area contributed by atoms with Crippen molar-refractivity contribution in [1.82, 2.24) is 0 Å². The first-order valence-electron chi connectivity index (χ1n) is 4.55. The van der Waals surface area contributed by atoms with Crippen molar-refractivity contribution in [2.45, 2.75) is 37.6 Å². The van der Waals surface area contributed by atoms with Crippen LogP contribution in [-0.4, -0.2) is 51.5 Å². The van der Waals surface area contributed by atoms with E-state index < -0.39 is 36.2 Å². The molecule has 3 atom stereocenters. The van der Waals surface area contributed by atoms with Gasteiger partial charge in [0.2, 0.25) is 0 Å². The van der Waals surface area contributed by atoms with Crippen molar-refractivity contribution >= 4 is 11.9 Å². The first-order valence-corrected chi connectivity index (χ1v) is 4.55. The van der Waals surface area contributed by atoms with E-state index in [0.29, 0.717) is 0 Å². The molecule has 0 aromatic heterocycles. The fourth-order valence-electron chi connectivity index (χ4n) is 1.20. The summed E-state index contributed by atoms with van der Waals surface area (Å²) in [6.45, 7) is 1.48. The molecule has 0 aliphatic carbocycles. The standard InChI is InChI=1S/C8H13NO7/c1-3(9)2-8(14)15-6(12)4(10)5(11)7(13)16-8/h3-5,10-11,14H,2,9H2,1H3/t3-,4?,5?,8?/m1/s1. The summed E-state index contributed by atoms with van der Waals surface area (Å²) >= 11 is 0. The van der Waals surface area contributed by atoms with Crippen LogP contribution in [0, 0.1) is 0 Å². The quantitative estimate of drug-likeness (QED) is 0.376. The summed E-state index contributed by atoms with van der Waals surface area (Å²) in [6, 6.07) is -0.627. The molecule has 0 bridgehead atoms. The highest BCUT2D eigenvalue weighted by atomic mass is 16.8. The molecule has 0 spiro atoms. The minimum atomic E-state index is -2.55. The van der Waals surface area contributed by atoms with Crippen molar-refractivity contribution in [3.63, 3.8) is 0 Å². The zero-order valence-corrected chi connectivity index (χ0v) is 8.49. The van der Waals surface area contributed by atoms with Gasteiger partial charge in [-0.25, -0.2) is 9.59 Å². The lowest BCUT2D eigenvalue weighted by Gasteiger charge is -2.25. The fourth-order valence-corrected chi connectivity index (χ4v) is 1.20. The second-order valence-corrected chi connectivity index (χ2v) is 3.63. The van der Waals surface area contributed by atoms with Gasteiger partial charge in [0.05, 0.1) is 6.42 Å². The minimum absolute atomic E-state index is 0.371. The number of hydrogen-bond donors (Lipinski definition) is 4. The van der Waals surface area contributed by atoms with Crippen LogP contribution in [0.1, 0.15) is 13.3 Å². The van der Waals surface area contributed by atoms with Crippen LogP contribution >= 0.6 is 0 Å². The fraction of sp³-hybridized carbons (Fsp3) is 0.750. The Balaban J connectivity index is 2.90. The van der Waals surface area contributed by atoms with E-state index in [2.05, 4.69) is 9.47 Å². The predicted molar refractivity (Wildman–Crippen MR) is 47.4 cm³/mol. The Morgan fingerprint density at radius 1 is 1.31 bits per heavy atom. The average Bonchev–Trinajstić information content (AvgIpc) is 2.17. The maximum absolute atomic E-state index is 11.1. The molecule has 1 saturated heterocycles. The average molecular weight is 235 g/mol. The summed E-state index contributed by atoms with van der Waals surface area (Å²) in [6.07, 6.45) is -4.55. The van der Waals surface area contributed by atoms with Gasteiger partial charge in [-0.15, -0.1) is 0 Å². The Hall–Kier alpha value is -1.22. The maximum atomic E-state index is 11.1. The van der Waals surface area contributed by atoms with Gasteiger partial charge in [-0.2, -0.15) is 0 Å². The molecule has 5 N–H and O–H groups in total. The molecule has 1 aliphatic rings. The lowest BCUT2D eigenvalue weighted by Crippen LogP contribution is -2.43. The highest BCUT2D eigenvalue weighted by Crippen LogP contribution is 2.22. The molecule has 0 amide bonds. The number of aliphatic hydroxyl groups excluding tert-OH is 2. The van der Waals surface area contributed by atoms with E-state index in [1.165, 1.54) is 6.92 Å². The summed E-state index contributed by atoms with van der Waals surface area (Å²) in [4.78, 5) is 22.2. The molecule has 1 fully saturated rings. The molecule has 92 valence electrons. The summed E-state index contributed by atoms with van der Waals surface area (Å²) in [7, 11) is 0. The van der Waals surface area contributed by atoms with Gasteiger partial charge < -0.3 is 30.5 Å². The zero-order valence-electron chi connectivity index (χ0n) is 8.49. The second-order valence-electron chi connectivity index (χ2n) is 3.63. The van der Waals surface area contributed by atoms with Gasteiger partial charge in [-0.1, -0.05) is 0 Å². The van der Waals surface area contributed by atoms with Crippen LogP contribution in [0.3, 0.4) is 0 Å². The Morgan fingerprint density at radius 2 is 1.69 bits per heavy atom. The van der Waals surface area contributed by atoms with Crippen LogP contribution in [0.2, 0.25) is 0 Å². The van der Waals surface area contributed by atoms with Crippen LogP contribution in [0.25, 0.3) is 0 Å². The number of ether oxygens (including phenoxy) is 2. The Bertz CT molecular complexity index is 281. The molecule has 0 saturated carbocycles. The number of carbonyl (C=O) groups is 2. The molecule has 2 unspecified atom stereocenters. The van der Waals surface area contributed by atoms with Crippen molar-refractivity contribution in [1.29, 1.82) is 0 Å². The number of aliphatic hydroxyl groups is 3. The number of nitrogens with two attached hydrogens (primary N) is 1. The second kappa shape index (κ2) is 4.34. The Morgan fingerprint density at radius 3 is 2.00 bits per heavy atom. The summed E-state index contributed by atoms with van der Waals surface area (Å²) in [5, 5.41) is 27.8. The Kier molecular flexibility index (Phi) is 3.48. The molecule has 16 heavy (non-hydrogen) atoms. The molecule has 1 heterocycles. The lowest BCUT2D eigenvalue weighted by molar-refractivity contribution is -0.326. The number of rotatable bonds is 2. The number of esters is 2. The highest BCUT2D eigenvalue weighted by Gasteiger charge is 2.47. The van der Waals surface area contributed by atoms with E-state index in [4.69, 9.17) is 15.9 Å². The van der Waals surface area contributed by atoms with E-state index in [1.54, 1.807) is 0 Å². The number of cyclic esters (lactones) is 2. The lowest BCUT2D eigenvalue weighted by atomic mass is 10.2. The van der Waals surface area contributed by atoms with Crippen molar-refractivity contribution in [3.05, 3.63) is 0 Å². The van der Waals surface area contributed by atoms with Gasteiger partial charge in [0, 0.05) is 6.04 Å². The van der Waals surface area contributed by atoms with Crippen molar-refractivity contribution < 1.29 is 34.4 Å². The van der Waals surface area contributed by atoms with Gasteiger partial charge in [0.1, 0.15) is 0 Å². The molecular formula is C8H13NO7. The van der Waals surface area contributed by atoms with Crippen LogP contribution < -0.4 is 5.73 Å². The largest absolute Gasteiger partial charge is 0.396 e. The van der Waals surface area contributed by atoms with Crippen molar-refractivity contribution in [2.75, 3.05) is 0 Å². The van der Waals surface area contributed by atoms with E-state index in [1.807, 2.05) is 0 Å². The smallest absolute Gasteiger partial charge is 0.374 e. The van der Waals surface area contributed by atoms with Gasteiger partial charge in [-0.05, 0) is 6.92 Å².